The molecule has 0 saturated heterocycles. The summed E-state index contributed by atoms with van der Waals surface area (Å²) in [6.45, 7) is 2.07. The zero-order valence-electron chi connectivity index (χ0n) is 11.4. The van der Waals surface area contributed by atoms with Crippen LogP contribution in [0.5, 0.6) is 0 Å². The number of fused-ring (bicyclic) bond motifs is 1. The molecule has 0 fully saturated rings. The Labute approximate surface area is 116 Å². The van der Waals surface area contributed by atoms with Crippen molar-refractivity contribution in [3.05, 3.63) is 69.7 Å². The Morgan fingerprint density at radius 3 is 2.70 bits per heavy atom. The molecule has 0 bridgehead atoms. The summed E-state index contributed by atoms with van der Waals surface area (Å²) in [5, 5.41) is 3.30. The summed E-state index contributed by atoms with van der Waals surface area (Å²) in [6.07, 6.45) is 0. The number of nitrogens with one attached hydrogen (secondary N) is 2. The maximum absolute atomic E-state index is 11.2. The van der Waals surface area contributed by atoms with Gasteiger partial charge in [0.1, 0.15) is 0 Å². The molecule has 0 radical (unpaired) electrons. The van der Waals surface area contributed by atoms with E-state index in [2.05, 4.69) is 35.4 Å². The number of aryl methyl sites for hydroxylation is 1. The molecule has 1 unspecified atom stereocenters. The number of hydrogen-bond acceptors (Lipinski definition) is 3. The van der Waals surface area contributed by atoms with Crippen LogP contribution in [0.4, 0.5) is 0 Å². The average molecular weight is 268 g/mol. The minimum Gasteiger partial charge on any atom is -0.408 e. The molecule has 0 aliphatic rings. The molecule has 0 aliphatic heterocycles. The lowest BCUT2D eigenvalue weighted by atomic mass is 9.97. The minimum absolute atomic E-state index is 0.0690. The highest BCUT2D eigenvalue weighted by atomic mass is 16.4. The topological polar surface area (TPSA) is 58.0 Å². The lowest BCUT2D eigenvalue weighted by molar-refractivity contribution is 0.554. The molecular weight excluding hydrogens is 252 g/mol. The monoisotopic (exact) mass is 268 g/mol. The summed E-state index contributed by atoms with van der Waals surface area (Å²) in [7, 11) is 1.92. The van der Waals surface area contributed by atoms with E-state index in [1.165, 1.54) is 11.1 Å². The Morgan fingerprint density at radius 2 is 1.95 bits per heavy atom. The molecule has 20 heavy (non-hydrogen) atoms. The van der Waals surface area contributed by atoms with Crippen molar-refractivity contribution in [1.82, 2.24) is 10.3 Å². The average Bonchev–Trinajstić information content (AvgIpc) is 2.79. The Morgan fingerprint density at radius 1 is 1.15 bits per heavy atom. The number of H-pyrrole nitrogens is 1. The van der Waals surface area contributed by atoms with Gasteiger partial charge in [-0.05, 0) is 37.2 Å². The van der Waals surface area contributed by atoms with E-state index in [-0.39, 0.29) is 6.04 Å². The summed E-state index contributed by atoms with van der Waals surface area (Å²) in [4.78, 5) is 13.9. The van der Waals surface area contributed by atoms with Crippen LogP contribution in [-0.2, 0) is 0 Å². The normalized spacial score (nSPS) is 12.7. The van der Waals surface area contributed by atoms with Crippen LogP contribution < -0.4 is 11.1 Å². The Hall–Kier alpha value is -2.33. The Bertz CT molecular complexity index is 801. The van der Waals surface area contributed by atoms with Crippen molar-refractivity contribution in [3.63, 3.8) is 0 Å². The third-order valence-electron chi connectivity index (χ3n) is 3.44. The van der Waals surface area contributed by atoms with Crippen molar-refractivity contribution in [3.8, 4) is 0 Å². The number of aromatic amines is 1. The van der Waals surface area contributed by atoms with Crippen LogP contribution in [0.2, 0.25) is 0 Å². The second kappa shape index (κ2) is 4.98. The maximum atomic E-state index is 11.2. The van der Waals surface area contributed by atoms with Crippen LogP contribution >= 0.6 is 0 Å². The van der Waals surface area contributed by atoms with Crippen LogP contribution in [0.15, 0.2) is 51.7 Å². The molecule has 0 spiro atoms. The number of benzene rings is 2. The van der Waals surface area contributed by atoms with Gasteiger partial charge in [0, 0.05) is 0 Å². The van der Waals surface area contributed by atoms with Crippen LogP contribution in [0, 0.1) is 6.92 Å². The van der Waals surface area contributed by atoms with Gasteiger partial charge in [-0.1, -0.05) is 35.9 Å². The van der Waals surface area contributed by atoms with E-state index in [0.29, 0.717) is 5.58 Å². The Kier molecular flexibility index (Phi) is 3.16. The van der Waals surface area contributed by atoms with Gasteiger partial charge in [0.2, 0.25) is 0 Å². The molecule has 0 amide bonds. The SMILES string of the molecule is CNC(c1cccc(C)c1)c1ccc2[nH]c(=O)oc2c1. The molecule has 1 heterocycles. The fraction of sp³-hybridized carbons (Fsp3) is 0.188. The third-order valence-corrected chi connectivity index (χ3v) is 3.44. The summed E-state index contributed by atoms with van der Waals surface area (Å²) < 4.78 is 5.12. The summed E-state index contributed by atoms with van der Waals surface area (Å²) >= 11 is 0. The zero-order valence-corrected chi connectivity index (χ0v) is 11.4. The van der Waals surface area contributed by atoms with Gasteiger partial charge >= 0.3 is 5.76 Å². The third kappa shape index (κ3) is 2.26. The molecule has 3 aromatic rings. The zero-order chi connectivity index (χ0) is 14.1. The second-order valence-corrected chi connectivity index (χ2v) is 4.91. The number of oxazole rings is 1. The van der Waals surface area contributed by atoms with Crippen LogP contribution in [-0.4, -0.2) is 12.0 Å². The first-order valence-electron chi connectivity index (χ1n) is 6.54. The molecule has 102 valence electrons. The van der Waals surface area contributed by atoms with Gasteiger partial charge < -0.3 is 9.73 Å². The van der Waals surface area contributed by atoms with Crippen molar-refractivity contribution in [2.24, 2.45) is 0 Å². The van der Waals surface area contributed by atoms with E-state index in [4.69, 9.17) is 4.42 Å². The highest BCUT2D eigenvalue weighted by Crippen LogP contribution is 2.25. The fourth-order valence-electron chi connectivity index (χ4n) is 2.52. The highest BCUT2D eigenvalue weighted by Gasteiger charge is 2.13. The van der Waals surface area contributed by atoms with Crippen molar-refractivity contribution in [2.45, 2.75) is 13.0 Å². The van der Waals surface area contributed by atoms with Crippen molar-refractivity contribution >= 4 is 11.1 Å². The molecular formula is C16H16N2O2. The van der Waals surface area contributed by atoms with E-state index < -0.39 is 5.76 Å². The maximum Gasteiger partial charge on any atom is 0.417 e. The smallest absolute Gasteiger partial charge is 0.408 e. The molecule has 0 aliphatic carbocycles. The van der Waals surface area contributed by atoms with E-state index in [1.807, 2.05) is 31.3 Å². The minimum atomic E-state index is -0.422. The largest absolute Gasteiger partial charge is 0.417 e. The van der Waals surface area contributed by atoms with E-state index in [9.17, 15) is 4.79 Å². The van der Waals surface area contributed by atoms with Gasteiger partial charge in [0.15, 0.2) is 5.58 Å². The summed E-state index contributed by atoms with van der Waals surface area (Å²) in [5.41, 5.74) is 4.77. The predicted molar refractivity (Wildman–Crippen MR) is 78.9 cm³/mol. The Balaban J connectivity index is 2.08. The number of hydrogen-bond donors (Lipinski definition) is 2. The first kappa shape index (κ1) is 12.7. The summed E-state index contributed by atoms with van der Waals surface area (Å²) in [6, 6.07) is 14.2. The number of rotatable bonds is 3. The molecule has 1 aromatic heterocycles. The number of aromatic nitrogens is 1. The molecule has 1 atom stereocenters. The van der Waals surface area contributed by atoms with Crippen LogP contribution in [0.25, 0.3) is 11.1 Å². The van der Waals surface area contributed by atoms with Crippen molar-refractivity contribution in [1.29, 1.82) is 0 Å². The lowest BCUT2D eigenvalue weighted by Gasteiger charge is -2.17. The predicted octanol–water partition coefficient (Wildman–Crippen LogP) is 2.74. The fourth-order valence-corrected chi connectivity index (χ4v) is 2.52. The van der Waals surface area contributed by atoms with Gasteiger partial charge in [-0.15, -0.1) is 0 Å². The van der Waals surface area contributed by atoms with E-state index >= 15 is 0 Å². The van der Waals surface area contributed by atoms with Gasteiger partial charge in [0.25, 0.3) is 0 Å². The lowest BCUT2D eigenvalue weighted by Crippen LogP contribution is -2.17. The first-order chi connectivity index (χ1) is 9.67. The molecule has 0 saturated carbocycles. The van der Waals surface area contributed by atoms with Crippen molar-refractivity contribution < 1.29 is 4.42 Å². The summed E-state index contributed by atoms with van der Waals surface area (Å²) in [5.74, 6) is -0.422. The van der Waals surface area contributed by atoms with Crippen LogP contribution in [0.3, 0.4) is 0 Å². The molecule has 3 rings (SSSR count). The van der Waals surface area contributed by atoms with Crippen LogP contribution in [0.1, 0.15) is 22.7 Å². The van der Waals surface area contributed by atoms with Gasteiger partial charge in [-0.25, -0.2) is 4.79 Å². The highest BCUT2D eigenvalue weighted by molar-refractivity contribution is 5.73. The van der Waals surface area contributed by atoms with Gasteiger partial charge in [0.05, 0.1) is 11.6 Å². The first-order valence-corrected chi connectivity index (χ1v) is 6.54. The van der Waals surface area contributed by atoms with Gasteiger partial charge in [-0.3, -0.25) is 4.98 Å². The van der Waals surface area contributed by atoms with E-state index in [0.717, 1.165) is 11.1 Å². The molecule has 4 nitrogen and oxygen atoms in total. The van der Waals surface area contributed by atoms with E-state index in [1.54, 1.807) is 0 Å². The molecule has 2 aromatic carbocycles. The standard InChI is InChI=1S/C16H16N2O2/c1-10-4-3-5-11(8-10)15(17-2)12-6-7-13-14(9-12)20-16(19)18-13/h3-9,15,17H,1-2H3,(H,18,19). The van der Waals surface area contributed by atoms with Crippen molar-refractivity contribution in [2.75, 3.05) is 7.05 Å². The molecule has 2 N–H and O–H groups in total. The second-order valence-electron chi connectivity index (χ2n) is 4.91. The molecule has 4 heteroatoms. The van der Waals surface area contributed by atoms with Gasteiger partial charge in [-0.2, -0.15) is 0 Å². The quantitative estimate of drug-likeness (QED) is 0.768.